The lowest BCUT2D eigenvalue weighted by molar-refractivity contribution is 0.101. The van der Waals surface area contributed by atoms with Crippen LogP contribution in [-0.2, 0) is 0 Å². The van der Waals surface area contributed by atoms with Crippen LogP contribution >= 0.6 is 15.9 Å². The lowest BCUT2D eigenvalue weighted by Crippen LogP contribution is -2.16. The molecule has 0 saturated carbocycles. The molecule has 2 aromatic rings. The van der Waals surface area contributed by atoms with Gasteiger partial charge in [0.15, 0.2) is 0 Å². The second-order valence-electron chi connectivity index (χ2n) is 4.68. The van der Waals surface area contributed by atoms with Crippen LogP contribution in [0.4, 0.5) is 10.1 Å². The van der Waals surface area contributed by atoms with E-state index in [1.165, 1.54) is 18.2 Å². The van der Waals surface area contributed by atoms with E-state index in [0.29, 0.717) is 16.1 Å². The summed E-state index contributed by atoms with van der Waals surface area (Å²) < 4.78 is 18.8. The van der Waals surface area contributed by atoms with Crippen LogP contribution < -0.4 is 10.6 Å². The van der Waals surface area contributed by atoms with Gasteiger partial charge >= 0.3 is 0 Å². The number of hydrogen-bond donors (Lipinski definition) is 2. The molecule has 1 amide bonds. The number of carbonyl (C=O) groups is 1. The number of halogens is 2. The molecule has 1 aromatic carbocycles. The maximum atomic E-state index is 13.2. The van der Waals surface area contributed by atoms with Crippen molar-refractivity contribution in [3.05, 3.63) is 40.2 Å². The van der Waals surface area contributed by atoms with Crippen molar-refractivity contribution in [2.45, 2.75) is 18.9 Å². The van der Waals surface area contributed by atoms with E-state index < -0.39 is 11.7 Å². The SMILES string of the molecule is O=C(Nc1cc(F)ccc1Br)c1noc(C2CCCN2)n1. The molecule has 0 spiro atoms. The third kappa shape index (κ3) is 3.11. The first-order chi connectivity index (χ1) is 10.1. The Bertz CT molecular complexity index is 670. The van der Waals surface area contributed by atoms with E-state index in [4.69, 9.17) is 4.52 Å². The molecule has 2 heterocycles. The molecule has 1 unspecified atom stereocenters. The van der Waals surface area contributed by atoms with Gasteiger partial charge in [-0.25, -0.2) is 4.39 Å². The van der Waals surface area contributed by atoms with Crippen LogP contribution in [0.1, 0.15) is 35.4 Å². The number of hydrogen-bond acceptors (Lipinski definition) is 5. The monoisotopic (exact) mass is 354 g/mol. The molecule has 1 saturated heterocycles. The zero-order valence-corrected chi connectivity index (χ0v) is 12.5. The van der Waals surface area contributed by atoms with Gasteiger partial charge in [0.1, 0.15) is 5.82 Å². The standard InChI is InChI=1S/C13H12BrFN4O2/c14-8-4-3-7(15)6-10(8)17-12(20)11-18-13(21-19-11)9-2-1-5-16-9/h3-4,6,9,16H,1-2,5H2,(H,17,20). The third-order valence-electron chi connectivity index (χ3n) is 3.18. The summed E-state index contributed by atoms with van der Waals surface area (Å²) in [6.45, 7) is 0.894. The Morgan fingerprint density at radius 2 is 2.38 bits per heavy atom. The Morgan fingerprint density at radius 3 is 3.14 bits per heavy atom. The summed E-state index contributed by atoms with van der Waals surface area (Å²) in [5, 5.41) is 9.41. The van der Waals surface area contributed by atoms with E-state index in [2.05, 4.69) is 36.7 Å². The summed E-state index contributed by atoms with van der Waals surface area (Å²) in [5.74, 6) is -0.669. The number of benzene rings is 1. The molecular formula is C13H12BrFN4O2. The number of nitrogens with one attached hydrogen (secondary N) is 2. The van der Waals surface area contributed by atoms with Crippen molar-refractivity contribution < 1.29 is 13.7 Å². The fraction of sp³-hybridized carbons (Fsp3) is 0.308. The molecule has 0 radical (unpaired) electrons. The predicted octanol–water partition coefficient (Wildman–Crippen LogP) is 2.65. The fourth-order valence-corrected chi connectivity index (χ4v) is 2.48. The largest absolute Gasteiger partial charge is 0.337 e. The third-order valence-corrected chi connectivity index (χ3v) is 3.87. The summed E-state index contributed by atoms with van der Waals surface area (Å²) in [6, 6.07) is 4.01. The first kappa shape index (κ1) is 14.2. The van der Waals surface area contributed by atoms with Gasteiger partial charge in [-0.2, -0.15) is 4.98 Å². The van der Waals surface area contributed by atoms with Crippen molar-refractivity contribution in [3.63, 3.8) is 0 Å². The molecule has 1 aromatic heterocycles. The Kier molecular flexibility index (Phi) is 3.98. The van der Waals surface area contributed by atoms with Gasteiger partial charge in [0.05, 0.1) is 11.7 Å². The van der Waals surface area contributed by atoms with Crippen LogP contribution in [0.5, 0.6) is 0 Å². The first-order valence-electron chi connectivity index (χ1n) is 6.47. The van der Waals surface area contributed by atoms with Gasteiger partial charge in [0, 0.05) is 4.47 Å². The van der Waals surface area contributed by atoms with Crippen molar-refractivity contribution in [3.8, 4) is 0 Å². The van der Waals surface area contributed by atoms with Crippen LogP contribution in [0.25, 0.3) is 0 Å². The van der Waals surface area contributed by atoms with Crippen LogP contribution in [0, 0.1) is 5.82 Å². The summed E-state index contributed by atoms with van der Waals surface area (Å²) in [7, 11) is 0. The molecule has 21 heavy (non-hydrogen) atoms. The van der Waals surface area contributed by atoms with E-state index >= 15 is 0 Å². The van der Waals surface area contributed by atoms with Gasteiger partial charge in [-0.15, -0.1) is 0 Å². The van der Waals surface area contributed by atoms with Gasteiger partial charge in [-0.05, 0) is 53.5 Å². The van der Waals surface area contributed by atoms with Crippen molar-refractivity contribution in [1.82, 2.24) is 15.5 Å². The van der Waals surface area contributed by atoms with Crippen molar-refractivity contribution in [1.29, 1.82) is 0 Å². The number of amides is 1. The summed E-state index contributed by atoms with van der Waals surface area (Å²) in [6.07, 6.45) is 1.93. The Morgan fingerprint density at radius 1 is 1.52 bits per heavy atom. The molecule has 1 aliphatic heterocycles. The highest BCUT2D eigenvalue weighted by atomic mass is 79.9. The maximum absolute atomic E-state index is 13.2. The lowest BCUT2D eigenvalue weighted by atomic mass is 10.2. The quantitative estimate of drug-likeness (QED) is 0.885. The molecule has 2 N–H and O–H groups in total. The van der Waals surface area contributed by atoms with Crippen LogP contribution in [0.2, 0.25) is 0 Å². The Labute approximate surface area is 128 Å². The lowest BCUT2D eigenvalue weighted by Gasteiger charge is -2.05. The zero-order valence-electron chi connectivity index (χ0n) is 10.9. The zero-order chi connectivity index (χ0) is 14.8. The van der Waals surface area contributed by atoms with E-state index in [1.54, 1.807) is 0 Å². The van der Waals surface area contributed by atoms with Crippen LogP contribution in [0.3, 0.4) is 0 Å². The number of aromatic nitrogens is 2. The van der Waals surface area contributed by atoms with Crippen LogP contribution in [-0.4, -0.2) is 22.6 Å². The first-order valence-corrected chi connectivity index (χ1v) is 7.26. The predicted molar refractivity (Wildman–Crippen MR) is 76.3 cm³/mol. The second-order valence-corrected chi connectivity index (χ2v) is 5.54. The van der Waals surface area contributed by atoms with Gasteiger partial charge in [-0.1, -0.05) is 5.16 Å². The van der Waals surface area contributed by atoms with Gasteiger partial charge in [-0.3, -0.25) is 4.79 Å². The number of anilines is 1. The van der Waals surface area contributed by atoms with E-state index in [9.17, 15) is 9.18 Å². The van der Waals surface area contributed by atoms with Gasteiger partial charge in [0.25, 0.3) is 11.7 Å². The molecule has 8 heteroatoms. The number of rotatable bonds is 3. The molecule has 3 rings (SSSR count). The second kappa shape index (κ2) is 5.90. The summed E-state index contributed by atoms with van der Waals surface area (Å²) in [5.41, 5.74) is 0.311. The summed E-state index contributed by atoms with van der Waals surface area (Å²) >= 11 is 3.23. The smallest absolute Gasteiger partial charge is 0.297 e. The van der Waals surface area contributed by atoms with Gasteiger partial charge in [0.2, 0.25) is 5.89 Å². The average molecular weight is 355 g/mol. The number of nitrogens with zero attached hydrogens (tertiary/aromatic N) is 2. The highest BCUT2D eigenvalue weighted by Gasteiger charge is 2.24. The minimum atomic E-state index is -0.547. The number of carbonyl (C=O) groups excluding carboxylic acids is 1. The molecule has 0 bridgehead atoms. The molecule has 1 fully saturated rings. The minimum Gasteiger partial charge on any atom is -0.337 e. The Balaban J connectivity index is 1.74. The summed E-state index contributed by atoms with van der Waals surface area (Å²) in [4.78, 5) is 16.1. The van der Waals surface area contributed by atoms with Crippen LogP contribution in [0.15, 0.2) is 27.2 Å². The minimum absolute atomic E-state index is 0.0000409. The molecule has 0 aliphatic carbocycles. The molecule has 1 atom stereocenters. The topological polar surface area (TPSA) is 80.0 Å². The molecule has 1 aliphatic rings. The normalized spacial score (nSPS) is 17.9. The fourth-order valence-electron chi connectivity index (χ4n) is 2.14. The molecule has 110 valence electrons. The van der Waals surface area contributed by atoms with E-state index in [-0.39, 0.29) is 11.9 Å². The van der Waals surface area contributed by atoms with Gasteiger partial charge < -0.3 is 15.2 Å². The van der Waals surface area contributed by atoms with Crippen molar-refractivity contribution in [2.75, 3.05) is 11.9 Å². The van der Waals surface area contributed by atoms with E-state index in [1.807, 2.05) is 0 Å². The maximum Gasteiger partial charge on any atom is 0.297 e. The highest BCUT2D eigenvalue weighted by molar-refractivity contribution is 9.10. The Hall–Kier alpha value is -1.80. The molecular weight excluding hydrogens is 343 g/mol. The van der Waals surface area contributed by atoms with E-state index in [0.717, 1.165) is 19.4 Å². The van der Waals surface area contributed by atoms with Crippen molar-refractivity contribution in [2.24, 2.45) is 0 Å². The molecule has 6 nitrogen and oxygen atoms in total. The highest BCUT2D eigenvalue weighted by Crippen LogP contribution is 2.24. The van der Waals surface area contributed by atoms with Crippen molar-refractivity contribution >= 4 is 27.5 Å². The average Bonchev–Trinajstić information content (AvgIpc) is 3.12.